The number of piperidine rings is 1. The summed E-state index contributed by atoms with van der Waals surface area (Å²) >= 11 is 0. The summed E-state index contributed by atoms with van der Waals surface area (Å²) in [6, 6.07) is 12.2. The van der Waals surface area contributed by atoms with E-state index in [1.54, 1.807) is 10.7 Å². The Morgan fingerprint density at radius 3 is 2.73 bits per heavy atom. The molecule has 2 heterocycles. The predicted octanol–water partition coefficient (Wildman–Crippen LogP) is 2.75. The van der Waals surface area contributed by atoms with Gasteiger partial charge in [0, 0.05) is 24.2 Å². The summed E-state index contributed by atoms with van der Waals surface area (Å²) in [5, 5.41) is 8.05. The normalized spacial score (nSPS) is 18.3. The molecule has 1 N–H and O–H groups in total. The molecule has 0 spiro atoms. The molecule has 0 aliphatic carbocycles. The highest BCUT2D eigenvalue weighted by Gasteiger charge is 2.13. The van der Waals surface area contributed by atoms with Gasteiger partial charge in [-0.15, -0.1) is 0 Å². The van der Waals surface area contributed by atoms with Crippen molar-refractivity contribution in [3.05, 3.63) is 52.3 Å². The van der Waals surface area contributed by atoms with E-state index >= 15 is 0 Å². The minimum absolute atomic E-state index is 0.0216. The highest BCUT2D eigenvalue weighted by atomic mass is 16.1. The van der Waals surface area contributed by atoms with Crippen molar-refractivity contribution in [3.8, 4) is 11.3 Å². The SMILES string of the molecule is Cc1ccc(-c2ccc(=O)n(CCC3CCCCN3)n2)cc1. The third kappa shape index (κ3) is 3.63. The van der Waals surface area contributed by atoms with Crippen molar-refractivity contribution >= 4 is 0 Å². The summed E-state index contributed by atoms with van der Waals surface area (Å²) in [5.74, 6) is 0. The summed E-state index contributed by atoms with van der Waals surface area (Å²) in [5.41, 5.74) is 3.11. The highest BCUT2D eigenvalue weighted by molar-refractivity contribution is 5.58. The van der Waals surface area contributed by atoms with Crippen LogP contribution in [-0.4, -0.2) is 22.4 Å². The van der Waals surface area contributed by atoms with Crippen LogP contribution in [0.15, 0.2) is 41.2 Å². The molecular weight excluding hydrogens is 274 g/mol. The van der Waals surface area contributed by atoms with E-state index in [-0.39, 0.29) is 5.56 Å². The Hall–Kier alpha value is -1.94. The van der Waals surface area contributed by atoms with Gasteiger partial charge in [0.2, 0.25) is 0 Å². The molecule has 3 rings (SSSR count). The number of nitrogens with one attached hydrogen (secondary N) is 1. The van der Waals surface area contributed by atoms with E-state index in [2.05, 4.69) is 41.6 Å². The van der Waals surface area contributed by atoms with Gasteiger partial charge in [-0.05, 0) is 38.8 Å². The van der Waals surface area contributed by atoms with Crippen LogP contribution in [0.1, 0.15) is 31.2 Å². The number of hydrogen-bond donors (Lipinski definition) is 1. The maximum absolute atomic E-state index is 12.0. The van der Waals surface area contributed by atoms with Crippen LogP contribution in [0.2, 0.25) is 0 Å². The molecule has 0 amide bonds. The first-order valence-corrected chi connectivity index (χ1v) is 8.11. The molecule has 2 aromatic rings. The average molecular weight is 297 g/mol. The lowest BCUT2D eigenvalue weighted by Gasteiger charge is -2.23. The van der Waals surface area contributed by atoms with Gasteiger partial charge in [0.25, 0.3) is 5.56 Å². The number of hydrogen-bond acceptors (Lipinski definition) is 3. The molecule has 1 saturated heterocycles. The molecule has 1 aromatic carbocycles. The van der Waals surface area contributed by atoms with E-state index in [0.717, 1.165) is 24.2 Å². The van der Waals surface area contributed by atoms with E-state index < -0.39 is 0 Å². The van der Waals surface area contributed by atoms with Crippen molar-refractivity contribution in [3.63, 3.8) is 0 Å². The molecule has 0 bridgehead atoms. The lowest BCUT2D eigenvalue weighted by atomic mass is 10.0. The standard InChI is InChI=1S/C18H23N3O/c1-14-5-7-15(8-6-14)17-9-10-18(22)21(20-17)13-11-16-4-2-3-12-19-16/h5-10,16,19H,2-4,11-13H2,1H3. The van der Waals surface area contributed by atoms with Crippen molar-refractivity contribution in [2.24, 2.45) is 0 Å². The molecule has 4 nitrogen and oxygen atoms in total. The van der Waals surface area contributed by atoms with Gasteiger partial charge in [-0.1, -0.05) is 36.2 Å². The Bertz CT molecular complexity index is 669. The fraction of sp³-hybridized carbons (Fsp3) is 0.444. The quantitative estimate of drug-likeness (QED) is 0.944. The molecule has 1 aliphatic rings. The van der Waals surface area contributed by atoms with E-state index in [9.17, 15) is 4.79 Å². The van der Waals surface area contributed by atoms with Crippen LogP contribution in [-0.2, 0) is 6.54 Å². The molecule has 22 heavy (non-hydrogen) atoms. The fourth-order valence-electron chi connectivity index (χ4n) is 2.94. The molecule has 1 fully saturated rings. The summed E-state index contributed by atoms with van der Waals surface area (Å²) in [6.07, 6.45) is 4.71. The molecule has 1 aromatic heterocycles. The van der Waals surface area contributed by atoms with Crippen molar-refractivity contribution in [2.45, 2.75) is 45.2 Å². The zero-order valence-electron chi connectivity index (χ0n) is 13.1. The lowest BCUT2D eigenvalue weighted by molar-refractivity contribution is 0.357. The monoisotopic (exact) mass is 297 g/mol. The summed E-state index contributed by atoms with van der Waals surface area (Å²) in [7, 11) is 0. The maximum atomic E-state index is 12.0. The number of benzene rings is 1. The second-order valence-corrected chi connectivity index (χ2v) is 6.08. The van der Waals surface area contributed by atoms with Crippen LogP contribution >= 0.6 is 0 Å². The largest absolute Gasteiger partial charge is 0.314 e. The summed E-state index contributed by atoms with van der Waals surface area (Å²) in [6.45, 7) is 3.84. The second-order valence-electron chi connectivity index (χ2n) is 6.08. The Morgan fingerprint density at radius 1 is 1.18 bits per heavy atom. The zero-order valence-corrected chi connectivity index (χ0v) is 13.1. The molecule has 0 radical (unpaired) electrons. The fourth-order valence-corrected chi connectivity index (χ4v) is 2.94. The Morgan fingerprint density at radius 2 is 2.00 bits per heavy atom. The third-order valence-electron chi connectivity index (χ3n) is 4.32. The zero-order chi connectivity index (χ0) is 15.4. The van der Waals surface area contributed by atoms with E-state index in [4.69, 9.17) is 0 Å². The number of nitrogens with zero attached hydrogens (tertiary/aromatic N) is 2. The number of aromatic nitrogens is 2. The predicted molar refractivity (Wildman–Crippen MR) is 88.9 cm³/mol. The van der Waals surface area contributed by atoms with E-state index in [0.29, 0.717) is 12.6 Å². The van der Waals surface area contributed by atoms with Crippen molar-refractivity contribution in [1.29, 1.82) is 0 Å². The Kier molecular flexibility index (Phi) is 4.68. The third-order valence-corrected chi connectivity index (χ3v) is 4.32. The van der Waals surface area contributed by atoms with Gasteiger partial charge in [-0.2, -0.15) is 5.10 Å². The lowest BCUT2D eigenvalue weighted by Crippen LogP contribution is -2.36. The molecule has 1 unspecified atom stereocenters. The topological polar surface area (TPSA) is 46.9 Å². The molecular formula is C18H23N3O. The van der Waals surface area contributed by atoms with Gasteiger partial charge in [0.15, 0.2) is 0 Å². The van der Waals surface area contributed by atoms with Gasteiger partial charge in [0.1, 0.15) is 0 Å². The van der Waals surface area contributed by atoms with Crippen LogP contribution in [0.3, 0.4) is 0 Å². The minimum atomic E-state index is -0.0216. The van der Waals surface area contributed by atoms with Gasteiger partial charge in [-0.3, -0.25) is 4.79 Å². The molecule has 4 heteroatoms. The first-order valence-electron chi connectivity index (χ1n) is 8.11. The van der Waals surface area contributed by atoms with Gasteiger partial charge >= 0.3 is 0 Å². The number of aryl methyl sites for hydroxylation is 2. The molecule has 116 valence electrons. The minimum Gasteiger partial charge on any atom is -0.314 e. The summed E-state index contributed by atoms with van der Waals surface area (Å²) < 4.78 is 1.60. The molecule has 1 aliphatic heterocycles. The first kappa shape index (κ1) is 15.0. The van der Waals surface area contributed by atoms with Gasteiger partial charge in [0.05, 0.1) is 5.69 Å². The van der Waals surface area contributed by atoms with Gasteiger partial charge < -0.3 is 5.32 Å². The molecule has 0 saturated carbocycles. The van der Waals surface area contributed by atoms with Crippen LogP contribution in [0.5, 0.6) is 0 Å². The van der Waals surface area contributed by atoms with E-state index in [1.165, 1.54) is 24.8 Å². The van der Waals surface area contributed by atoms with E-state index in [1.807, 2.05) is 6.07 Å². The van der Waals surface area contributed by atoms with Crippen LogP contribution in [0, 0.1) is 6.92 Å². The number of rotatable bonds is 4. The van der Waals surface area contributed by atoms with Crippen LogP contribution in [0.25, 0.3) is 11.3 Å². The van der Waals surface area contributed by atoms with Crippen molar-refractivity contribution in [2.75, 3.05) is 6.54 Å². The average Bonchev–Trinajstić information content (AvgIpc) is 2.56. The Balaban J connectivity index is 1.74. The second kappa shape index (κ2) is 6.88. The van der Waals surface area contributed by atoms with Crippen LogP contribution < -0.4 is 10.9 Å². The summed E-state index contributed by atoms with van der Waals surface area (Å²) in [4.78, 5) is 12.0. The van der Waals surface area contributed by atoms with Crippen molar-refractivity contribution in [1.82, 2.24) is 15.1 Å². The smallest absolute Gasteiger partial charge is 0.266 e. The van der Waals surface area contributed by atoms with Crippen molar-refractivity contribution < 1.29 is 0 Å². The maximum Gasteiger partial charge on any atom is 0.266 e. The molecule has 1 atom stereocenters. The Labute approximate surface area is 131 Å². The highest BCUT2D eigenvalue weighted by Crippen LogP contribution is 2.16. The van der Waals surface area contributed by atoms with Crippen LogP contribution in [0.4, 0.5) is 0 Å². The first-order chi connectivity index (χ1) is 10.7. The van der Waals surface area contributed by atoms with Gasteiger partial charge in [-0.25, -0.2) is 4.68 Å².